The maximum absolute atomic E-state index is 9.72. The normalized spacial score (nSPS) is 12.3. The number of benzene rings is 1. The van der Waals surface area contributed by atoms with Crippen molar-refractivity contribution in [1.82, 2.24) is 14.8 Å². The van der Waals surface area contributed by atoms with Crippen LogP contribution >= 0.6 is 0 Å². The summed E-state index contributed by atoms with van der Waals surface area (Å²) in [6, 6.07) is 14.3. The van der Waals surface area contributed by atoms with Gasteiger partial charge in [-0.3, -0.25) is 9.67 Å². The Morgan fingerprint density at radius 1 is 1.05 bits per heavy atom. The lowest BCUT2D eigenvalue weighted by atomic mass is 10.0. The molecule has 0 radical (unpaired) electrons. The van der Waals surface area contributed by atoms with Crippen LogP contribution in [0.15, 0.2) is 61.1 Å². The van der Waals surface area contributed by atoms with Crippen LogP contribution in [0.3, 0.4) is 0 Å². The van der Waals surface area contributed by atoms with E-state index in [2.05, 4.69) is 22.2 Å². The van der Waals surface area contributed by atoms with E-state index in [0.29, 0.717) is 6.54 Å². The van der Waals surface area contributed by atoms with E-state index in [1.54, 1.807) is 17.1 Å². The molecule has 0 aliphatic heterocycles. The zero-order valence-corrected chi connectivity index (χ0v) is 12.6. The lowest BCUT2D eigenvalue weighted by molar-refractivity contribution is 0.145. The molecule has 1 atom stereocenters. The molecule has 22 heavy (non-hydrogen) atoms. The highest BCUT2D eigenvalue weighted by molar-refractivity contribution is 5.70. The fraction of sp³-hybridized carbons (Fsp3) is 0.222. The smallest absolute Gasteiger partial charge is 0.0923 e. The Kier molecular flexibility index (Phi) is 4.30. The van der Waals surface area contributed by atoms with Gasteiger partial charge >= 0.3 is 0 Å². The standard InChI is InChI=1S/C18H19N3O/c1-2-17(22)13-21-11-8-18(20-21)16-5-3-4-15(12-16)14-6-9-19-10-7-14/h3-12,17,22H,2,13H2,1H3/t17-/m0/s1. The maximum atomic E-state index is 9.72. The molecule has 0 aliphatic rings. The summed E-state index contributed by atoms with van der Waals surface area (Å²) in [5.41, 5.74) is 4.26. The summed E-state index contributed by atoms with van der Waals surface area (Å²) < 4.78 is 1.79. The minimum absolute atomic E-state index is 0.351. The van der Waals surface area contributed by atoms with Gasteiger partial charge in [-0.1, -0.05) is 25.1 Å². The second-order valence-corrected chi connectivity index (χ2v) is 5.30. The van der Waals surface area contributed by atoms with Crippen molar-refractivity contribution in [2.75, 3.05) is 0 Å². The SMILES string of the molecule is CC[C@H](O)Cn1ccc(-c2cccc(-c3ccncc3)c2)n1. The molecule has 0 spiro atoms. The highest BCUT2D eigenvalue weighted by atomic mass is 16.3. The molecule has 0 saturated carbocycles. The topological polar surface area (TPSA) is 50.9 Å². The molecule has 1 aromatic carbocycles. The minimum Gasteiger partial charge on any atom is -0.391 e. The molecule has 0 unspecified atom stereocenters. The number of aliphatic hydroxyl groups excluding tert-OH is 1. The van der Waals surface area contributed by atoms with Gasteiger partial charge in [0, 0.05) is 24.2 Å². The van der Waals surface area contributed by atoms with E-state index in [9.17, 15) is 5.11 Å². The first kappa shape index (κ1) is 14.5. The molecule has 1 N–H and O–H groups in total. The zero-order chi connectivity index (χ0) is 15.4. The highest BCUT2D eigenvalue weighted by Crippen LogP contribution is 2.24. The molecular weight excluding hydrogens is 274 g/mol. The van der Waals surface area contributed by atoms with Crippen LogP contribution in [0.1, 0.15) is 13.3 Å². The fourth-order valence-corrected chi connectivity index (χ4v) is 2.36. The van der Waals surface area contributed by atoms with Gasteiger partial charge in [-0.15, -0.1) is 0 Å². The predicted molar refractivity (Wildman–Crippen MR) is 87.2 cm³/mol. The zero-order valence-electron chi connectivity index (χ0n) is 12.6. The van der Waals surface area contributed by atoms with Gasteiger partial charge in [0.1, 0.15) is 0 Å². The Balaban J connectivity index is 1.87. The van der Waals surface area contributed by atoms with Crippen LogP contribution < -0.4 is 0 Å². The third-order valence-corrected chi connectivity index (χ3v) is 3.68. The van der Waals surface area contributed by atoms with Crippen molar-refractivity contribution in [2.24, 2.45) is 0 Å². The summed E-state index contributed by atoms with van der Waals surface area (Å²) in [7, 11) is 0. The highest BCUT2D eigenvalue weighted by Gasteiger charge is 2.07. The number of rotatable bonds is 5. The summed E-state index contributed by atoms with van der Waals surface area (Å²) >= 11 is 0. The van der Waals surface area contributed by atoms with Crippen molar-refractivity contribution in [3.8, 4) is 22.4 Å². The quantitative estimate of drug-likeness (QED) is 0.784. The first-order chi connectivity index (χ1) is 10.8. The van der Waals surface area contributed by atoms with Crippen LogP contribution in [0.4, 0.5) is 0 Å². The van der Waals surface area contributed by atoms with Gasteiger partial charge in [-0.25, -0.2) is 0 Å². The third kappa shape index (κ3) is 3.23. The van der Waals surface area contributed by atoms with Crippen molar-refractivity contribution >= 4 is 0 Å². The summed E-state index contributed by atoms with van der Waals surface area (Å²) in [5.74, 6) is 0. The first-order valence-electron chi connectivity index (χ1n) is 7.48. The molecule has 3 aromatic rings. The van der Waals surface area contributed by atoms with Crippen LogP contribution in [0.5, 0.6) is 0 Å². The van der Waals surface area contributed by atoms with E-state index in [1.807, 2.05) is 43.5 Å². The lowest BCUT2D eigenvalue weighted by Crippen LogP contribution is -2.14. The fourth-order valence-electron chi connectivity index (χ4n) is 2.36. The number of pyridine rings is 1. The van der Waals surface area contributed by atoms with E-state index >= 15 is 0 Å². The van der Waals surface area contributed by atoms with Gasteiger partial charge < -0.3 is 5.11 Å². The maximum Gasteiger partial charge on any atom is 0.0923 e. The van der Waals surface area contributed by atoms with Gasteiger partial charge in [0.05, 0.1) is 18.3 Å². The van der Waals surface area contributed by atoms with E-state index < -0.39 is 0 Å². The average Bonchev–Trinajstić information content (AvgIpc) is 3.04. The molecule has 0 fully saturated rings. The van der Waals surface area contributed by atoms with Crippen molar-refractivity contribution < 1.29 is 5.11 Å². The second kappa shape index (κ2) is 6.54. The van der Waals surface area contributed by atoms with E-state index in [1.165, 1.54) is 0 Å². The summed E-state index contributed by atoms with van der Waals surface area (Å²) in [4.78, 5) is 4.05. The molecule has 0 saturated heterocycles. The van der Waals surface area contributed by atoms with E-state index in [4.69, 9.17) is 0 Å². The molecule has 2 heterocycles. The Hall–Kier alpha value is -2.46. The lowest BCUT2D eigenvalue weighted by Gasteiger charge is -2.07. The van der Waals surface area contributed by atoms with Crippen molar-refractivity contribution in [3.63, 3.8) is 0 Å². The molecule has 4 heteroatoms. The molecule has 0 aliphatic carbocycles. The Morgan fingerprint density at radius 2 is 1.82 bits per heavy atom. The number of hydrogen-bond acceptors (Lipinski definition) is 3. The molecule has 0 bridgehead atoms. The minimum atomic E-state index is -0.351. The Bertz CT molecular complexity index is 737. The van der Waals surface area contributed by atoms with Crippen molar-refractivity contribution in [2.45, 2.75) is 26.0 Å². The van der Waals surface area contributed by atoms with Gasteiger partial charge in [-0.05, 0) is 41.8 Å². The van der Waals surface area contributed by atoms with Crippen molar-refractivity contribution in [1.29, 1.82) is 0 Å². The largest absolute Gasteiger partial charge is 0.391 e. The van der Waals surface area contributed by atoms with Crippen LogP contribution in [-0.4, -0.2) is 26.0 Å². The summed E-state index contributed by atoms with van der Waals surface area (Å²) in [5, 5.41) is 14.3. The van der Waals surface area contributed by atoms with Crippen LogP contribution in [-0.2, 0) is 6.54 Å². The van der Waals surface area contributed by atoms with Gasteiger partial charge in [0.15, 0.2) is 0 Å². The molecule has 0 amide bonds. The number of aromatic nitrogens is 3. The van der Waals surface area contributed by atoms with Gasteiger partial charge in [0.2, 0.25) is 0 Å². The van der Waals surface area contributed by atoms with Crippen molar-refractivity contribution in [3.05, 3.63) is 61.1 Å². The van der Waals surface area contributed by atoms with E-state index in [0.717, 1.165) is 28.8 Å². The molecular formula is C18H19N3O. The van der Waals surface area contributed by atoms with Gasteiger partial charge in [0.25, 0.3) is 0 Å². The van der Waals surface area contributed by atoms with Crippen LogP contribution in [0.25, 0.3) is 22.4 Å². The molecule has 2 aromatic heterocycles. The molecule has 3 rings (SSSR count). The first-order valence-corrected chi connectivity index (χ1v) is 7.48. The van der Waals surface area contributed by atoms with Gasteiger partial charge in [-0.2, -0.15) is 5.10 Å². The predicted octanol–water partition coefficient (Wildman–Crippen LogP) is 3.38. The molecule has 112 valence electrons. The van der Waals surface area contributed by atoms with Crippen LogP contribution in [0.2, 0.25) is 0 Å². The monoisotopic (exact) mass is 293 g/mol. The average molecular weight is 293 g/mol. The summed E-state index contributed by atoms with van der Waals surface area (Å²) in [6.45, 7) is 2.49. The Labute approximate surface area is 130 Å². The van der Waals surface area contributed by atoms with Crippen LogP contribution in [0, 0.1) is 0 Å². The summed E-state index contributed by atoms with van der Waals surface area (Å²) in [6.07, 6.45) is 5.88. The Morgan fingerprint density at radius 3 is 2.59 bits per heavy atom. The number of hydrogen-bond donors (Lipinski definition) is 1. The second-order valence-electron chi connectivity index (χ2n) is 5.30. The molecule has 4 nitrogen and oxygen atoms in total. The third-order valence-electron chi connectivity index (χ3n) is 3.68. The van der Waals surface area contributed by atoms with E-state index in [-0.39, 0.29) is 6.10 Å². The number of aliphatic hydroxyl groups is 1. The number of nitrogens with zero attached hydrogens (tertiary/aromatic N) is 3.